The van der Waals surface area contributed by atoms with Gasteiger partial charge in [0.25, 0.3) is 5.91 Å². The molecule has 6 nitrogen and oxygen atoms in total. The highest BCUT2D eigenvalue weighted by atomic mass is 35.5. The molecule has 2 aliphatic rings. The van der Waals surface area contributed by atoms with Crippen molar-refractivity contribution in [3.05, 3.63) is 81.9 Å². The molecule has 3 aromatic rings. The Hall–Kier alpha value is -3.20. The Morgan fingerprint density at radius 1 is 1.21 bits per heavy atom. The van der Waals surface area contributed by atoms with Gasteiger partial charge in [-0.25, -0.2) is 8.78 Å². The number of carbonyl (C=O) groups excluding carboxylic acids is 1. The molecular weight excluding hydrogens is 514 g/mol. The minimum atomic E-state index is -0.884. The van der Waals surface area contributed by atoms with Crippen LogP contribution < -0.4 is 20.1 Å². The van der Waals surface area contributed by atoms with Crippen LogP contribution in [0.2, 0.25) is 5.02 Å². The molecule has 2 heterocycles. The van der Waals surface area contributed by atoms with E-state index >= 15 is 8.78 Å². The minimum Gasteiger partial charge on any atom is -0.488 e. The molecule has 1 amide bonds. The number of hydrogen-bond acceptors (Lipinski definition) is 5. The Kier molecular flexibility index (Phi) is 7.56. The van der Waals surface area contributed by atoms with E-state index in [2.05, 4.69) is 10.6 Å². The predicted molar refractivity (Wildman–Crippen MR) is 141 cm³/mol. The van der Waals surface area contributed by atoms with E-state index in [4.69, 9.17) is 21.1 Å². The molecule has 5 rings (SSSR count). The van der Waals surface area contributed by atoms with Crippen molar-refractivity contribution in [3.8, 4) is 22.6 Å². The zero-order chi connectivity index (χ0) is 26.9. The third-order valence-electron chi connectivity index (χ3n) is 7.33. The minimum absolute atomic E-state index is 0.0240. The third kappa shape index (κ3) is 4.51. The van der Waals surface area contributed by atoms with Gasteiger partial charge in [0, 0.05) is 36.2 Å². The van der Waals surface area contributed by atoms with Crippen LogP contribution in [-0.2, 0) is 12.0 Å². The van der Waals surface area contributed by atoms with E-state index in [0.29, 0.717) is 5.56 Å². The van der Waals surface area contributed by atoms with E-state index in [1.165, 1.54) is 25.2 Å². The lowest BCUT2D eigenvalue weighted by Crippen LogP contribution is -2.53. The first-order valence-electron chi connectivity index (χ1n) is 12.7. The average Bonchev–Trinajstić information content (AvgIpc) is 3.34. The van der Waals surface area contributed by atoms with Crippen molar-refractivity contribution >= 4 is 17.5 Å². The lowest BCUT2D eigenvalue weighted by molar-refractivity contribution is 0.0352. The molecule has 200 valence electrons. The Labute approximate surface area is 224 Å². The van der Waals surface area contributed by atoms with Crippen molar-refractivity contribution in [1.29, 1.82) is 0 Å². The molecule has 2 aliphatic heterocycles. The lowest BCUT2D eigenvalue weighted by atomic mass is 9.78. The normalized spacial score (nSPS) is 20.5. The van der Waals surface area contributed by atoms with Crippen LogP contribution in [0.5, 0.6) is 11.5 Å². The molecule has 0 bridgehead atoms. The fourth-order valence-electron chi connectivity index (χ4n) is 5.58. The fourth-order valence-corrected chi connectivity index (χ4v) is 5.84. The second kappa shape index (κ2) is 10.9. The van der Waals surface area contributed by atoms with Gasteiger partial charge in [0.05, 0.1) is 23.2 Å². The maximum atomic E-state index is 16.1. The van der Waals surface area contributed by atoms with Crippen LogP contribution in [0.25, 0.3) is 11.1 Å². The van der Waals surface area contributed by atoms with E-state index in [9.17, 15) is 9.90 Å². The molecule has 1 fully saturated rings. The first kappa shape index (κ1) is 26.4. The van der Waals surface area contributed by atoms with Gasteiger partial charge in [-0.1, -0.05) is 48.4 Å². The van der Waals surface area contributed by atoms with Crippen LogP contribution in [0.15, 0.2) is 48.5 Å². The number of rotatable bonds is 7. The maximum absolute atomic E-state index is 16.1. The first-order valence-corrected chi connectivity index (χ1v) is 13.1. The summed E-state index contributed by atoms with van der Waals surface area (Å²) in [6.45, 7) is 0.336. The zero-order valence-corrected chi connectivity index (χ0v) is 21.7. The summed E-state index contributed by atoms with van der Waals surface area (Å²) in [6.07, 6.45) is 3.18. The van der Waals surface area contributed by atoms with Gasteiger partial charge >= 0.3 is 0 Å². The molecule has 2 atom stereocenters. The summed E-state index contributed by atoms with van der Waals surface area (Å²) in [5, 5.41) is 15.0. The molecule has 9 heteroatoms. The molecule has 38 heavy (non-hydrogen) atoms. The molecule has 0 aliphatic carbocycles. The Morgan fingerprint density at radius 2 is 2.00 bits per heavy atom. The number of nitrogens with one attached hydrogen (secondary N) is 2. The maximum Gasteiger partial charge on any atom is 0.251 e. The highest BCUT2D eigenvalue weighted by Gasteiger charge is 2.49. The molecule has 1 unspecified atom stereocenters. The summed E-state index contributed by atoms with van der Waals surface area (Å²) < 4.78 is 43.4. The molecular formula is C29H29ClF2N2O4. The van der Waals surface area contributed by atoms with E-state index in [1.54, 1.807) is 0 Å². The number of piperidine rings is 1. The smallest absolute Gasteiger partial charge is 0.251 e. The summed E-state index contributed by atoms with van der Waals surface area (Å²) in [5.74, 6) is -2.16. The Morgan fingerprint density at radius 3 is 2.68 bits per heavy atom. The monoisotopic (exact) mass is 542 g/mol. The van der Waals surface area contributed by atoms with Crippen LogP contribution >= 0.6 is 11.6 Å². The van der Waals surface area contributed by atoms with Crippen LogP contribution in [0.1, 0.15) is 40.7 Å². The van der Waals surface area contributed by atoms with Crippen LogP contribution in [0, 0.1) is 11.6 Å². The van der Waals surface area contributed by atoms with Gasteiger partial charge in [0.1, 0.15) is 18.2 Å². The second-order valence-corrected chi connectivity index (χ2v) is 9.89. The number of aliphatic hydroxyl groups excluding tert-OH is 1. The highest BCUT2D eigenvalue weighted by molar-refractivity contribution is 6.34. The van der Waals surface area contributed by atoms with Gasteiger partial charge in [0.15, 0.2) is 17.2 Å². The third-order valence-corrected chi connectivity index (χ3v) is 7.70. The number of aliphatic hydroxyl groups is 1. The molecule has 1 saturated heterocycles. The van der Waals surface area contributed by atoms with Crippen molar-refractivity contribution in [2.45, 2.75) is 37.3 Å². The number of carbonyl (C=O) groups is 1. The first-order chi connectivity index (χ1) is 18.4. The van der Waals surface area contributed by atoms with Gasteiger partial charge in [-0.15, -0.1) is 0 Å². The number of benzene rings is 3. The summed E-state index contributed by atoms with van der Waals surface area (Å²) >= 11 is 6.56. The van der Waals surface area contributed by atoms with Gasteiger partial charge < -0.3 is 25.2 Å². The van der Waals surface area contributed by atoms with Crippen molar-refractivity contribution in [2.24, 2.45) is 0 Å². The van der Waals surface area contributed by atoms with Crippen LogP contribution in [-0.4, -0.2) is 43.9 Å². The van der Waals surface area contributed by atoms with Crippen LogP contribution in [0.3, 0.4) is 0 Å². The number of amides is 1. The Balaban J connectivity index is 1.74. The van der Waals surface area contributed by atoms with Gasteiger partial charge in [-0.05, 0) is 37.1 Å². The Bertz CT molecular complexity index is 1350. The SMILES string of the molecule is CNC(=O)c1ccc(OCCO)c(F)c1-c1c(Cl)c(F)cc2c1C[C@](c1ccccc1)(C1CCCCN1)O2. The van der Waals surface area contributed by atoms with E-state index in [1.807, 2.05) is 30.3 Å². The summed E-state index contributed by atoms with van der Waals surface area (Å²) in [5.41, 5.74) is 0.389. The predicted octanol–water partition coefficient (Wildman–Crippen LogP) is 4.99. The zero-order valence-electron chi connectivity index (χ0n) is 21.0. The van der Waals surface area contributed by atoms with Gasteiger partial charge in [-0.2, -0.15) is 0 Å². The van der Waals surface area contributed by atoms with Crippen LogP contribution in [0.4, 0.5) is 8.78 Å². The summed E-state index contributed by atoms with van der Waals surface area (Å²) in [6, 6.07) is 13.6. The number of ether oxygens (including phenoxy) is 2. The van der Waals surface area contributed by atoms with Crippen molar-refractivity contribution in [1.82, 2.24) is 10.6 Å². The van der Waals surface area contributed by atoms with Gasteiger partial charge in [0.2, 0.25) is 0 Å². The number of halogens is 3. The molecule has 3 aromatic carbocycles. The van der Waals surface area contributed by atoms with E-state index in [-0.39, 0.29) is 58.9 Å². The lowest BCUT2D eigenvalue weighted by Gasteiger charge is -2.40. The number of hydrogen-bond donors (Lipinski definition) is 3. The quantitative estimate of drug-likeness (QED) is 0.392. The topological polar surface area (TPSA) is 79.8 Å². The highest BCUT2D eigenvalue weighted by Crippen LogP contribution is 2.52. The van der Waals surface area contributed by atoms with E-state index in [0.717, 1.165) is 31.4 Å². The molecule has 0 spiro atoms. The second-order valence-electron chi connectivity index (χ2n) is 9.51. The largest absolute Gasteiger partial charge is 0.488 e. The summed E-state index contributed by atoms with van der Waals surface area (Å²) in [4.78, 5) is 12.8. The molecule has 0 saturated carbocycles. The van der Waals surface area contributed by atoms with Gasteiger partial charge in [-0.3, -0.25) is 4.79 Å². The van der Waals surface area contributed by atoms with E-state index < -0.39 is 23.1 Å². The average molecular weight is 543 g/mol. The molecule has 0 aromatic heterocycles. The number of fused-ring (bicyclic) bond motifs is 1. The molecule has 3 N–H and O–H groups in total. The van der Waals surface area contributed by atoms with Crippen molar-refractivity contribution in [2.75, 3.05) is 26.8 Å². The molecule has 0 radical (unpaired) electrons. The van der Waals surface area contributed by atoms with Crippen molar-refractivity contribution < 1.29 is 28.2 Å². The van der Waals surface area contributed by atoms with Crippen molar-refractivity contribution in [3.63, 3.8) is 0 Å². The standard InChI is InChI=1S/C29H29ClF2N2O4/c1-33-28(36)18-10-11-21(37-14-13-35)27(32)25(18)24-19-16-29(17-7-3-2-4-8-17,23-9-5-6-12-34-23)38-22(19)15-20(31)26(24)30/h2-4,7-8,10-11,15,23,34-35H,5-6,9,12-14,16H2,1H3,(H,33,36)/t23?,29-/m0/s1. The fraction of sp³-hybridized carbons (Fsp3) is 0.345. The summed E-state index contributed by atoms with van der Waals surface area (Å²) in [7, 11) is 1.43.